The molecule has 1 aliphatic heterocycles. The first-order valence-electron chi connectivity index (χ1n) is 13.3. The molecule has 0 saturated carbocycles. The maximum Gasteiger partial charge on any atom is 0.273 e. The zero-order valence-electron chi connectivity index (χ0n) is 23.2. The summed E-state index contributed by atoms with van der Waals surface area (Å²) in [5.41, 5.74) is 6.22. The number of nitrogens with zero attached hydrogens (tertiary/aromatic N) is 2. The van der Waals surface area contributed by atoms with Crippen LogP contribution in [0.1, 0.15) is 59.1 Å². The Balaban J connectivity index is 1.57. The highest BCUT2D eigenvalue weighted by atomic mass is 16.5. The van der Waals surface area contributed by atoms with Gasteiger partial charge in [0.05, 0.1) is 32.6 Å². The number of aryl methyl sites for hydroxylation is 1. The van der Waals surface area contributed by atoms with Crippen LogP contribution in [0.2, 0.25) is 0 Å². The fraction of sp³-hybridized carbons (Fsp3) is 0.312. The number of rotatable bonds is 10. The molecule has 1 unspecified atom stereocenters. The van der Waals surface area contributed by atoms with Crippen LogP contribution >= 0.6 is 0 Å². The lowest BCUT2D eigenvalue weighted by atomic mass is 9.95. The molecule has 202 valence electrons. The minimum atomic E-state index is -0.358. The van der Waals surface area contributed by atoms with Gasteiger partial charge in [0.2, 0.25) is 0 Å². The van der Waals surface area contributed by atoms with E-state index in [1.807, 2.05) is 59.5 Å². The predicted molar refractivity (Wildman–Crippen MR) is 151 cm³/mol. The van der Waals surface area contributed by atoms with Gasteiger partial charge in [-0.3, -0.25) is 9.89 Å². The fourth-order valence-electron chi connectivity index (χ4n) is 4.94. The number of carbonyl (C=O) groups excluding carboxylic acids is 1. The van der Waals surface area contributed by atoms with Crippen LogP contribution in [0.3, 0.4) is 0 Å². The van der Waals surface area contributed by atoms with E-state index in [0.29, 0.717) is 36.3 Å². The summed E-state index contributed by atoms with van der Waals surface area (Å²) < 4.78 is 17.1. The molecule has 2 heterocycles. The van der Waals surface area contributed by atoms with Crippen molar-refractivity contribution in [2.24, 2.45) is 5.92 Å². The van der Waals surface area contributed by atoms with Gasteiger partial charge in [-0.05, 0) is 54.7 Å². The Kier molecular flexibility index (Phi) is 7.59. The number of H-pyrrole nitrogens is 1. The lowest BCUT2D eigenvalue weighted by Crippen LogP contribution is -2.29. The second-order valence-corrected chi connectivity index (χ2v) is 10.4. The molecule has 1 aliphatic rings. The summed E-state index contributed by atoms with van der Waals surface area (Å²) in [6.45, 7) is 7.44. The number of benzene rings is 3. The van der Waals surface area contributed by atoms with E-state index in [9.17, 15) is 4.79 Å². The van der Waals surface area contributed by atoms with Gasteiger partial charge in [0.1, 0.15) is 11.4 Å². The summed E-state index contributed by atoms with van der Waals surface area (Å²) in [5.74, 6) is 2.57. The summed E-state index contributed by atoms with van der Waals surface area (Å²) in [5, 5.41) is 7.64. The molecule has 1 atom stereocenters. The molecule has 0 bridgehead atoms. The third-order valence-corrected chi connectivity index (χ3v) is 7.16. The van der Waals surface area contributed by atoms with E-state index in [1.165, 1.54) is 0 Å². The number of nitrogens with one attached hydrogen (secondary N) is 1. The summed E-state index contributed by atoms with van der Waals surface area (Å²) in [6, 6.07) is 21.6. The van der Waals surface area contributed by atoms with Gasteiger partial charge in [-0.2, -0.15) is 5.10 Å². The smallest absolute Gasteiger partial charge is 0.273 e. The van der Waals surface area contributed by atoms with Crippen molar-refractivity contribution in [1.29, 1.82) is 0 Å². The van der Waals surface area contributed by atoms with Crippen LogP contribution in [0.4, 0.5) is 0 Å². The molecule has 7 nitrogen and oxygen atoms in total. The molecule has 1 aromatic heterocycles. The van der Waals surface area contributed by atoms with Crippen molar-refractivity contribution in [3.63, 3.8) is 0 Å². The Hall–Kier alpha value is -4.26. The van der Waals surface area contributed by atoms with Gasteiger partial charge in [0.25, 0.3) is 5.91 Å². The molecule has 0 aliphatic carbocycles. The molecular weight excluding hydrogens is 490 g/mol. The summed E-state index contributed by atoms with van der Waals surface area (Å²) >= 11 is 0. The van der Waals surface area contributed by atoms with Crippen molar-refractivity contribution in [2.75, 3.05) is 20.8 Å². The zero-order valence-corrected chi connectivity index (χ0v) is 23.2. The zero-order chi connectivity index (χ0) is 27.5. The number of fused-ring (bicyclic) bond motifs is 1. The molecule has 1 amide bonds. The topological polar surface area (TPSA) is 76.7 Å². The first-order valence-corrected chi connectivity index (χ1v) is 13.3. The van der Waals surface area contributed by atoms with Crippen molar-refractivity contribution in [3.05, 3.63) is 94.7 Å². The lowest BCUT2D eigenvalue weighted by molar-refractivity contribution is 0.0730. The second-order valence-electron chi connectivity index (χ2n) is 10.4. The molecule has 3 aromatic carbocycles. The van der Waals surface area contributed by atoms with Gasteiger partial charge in [-0.1, -0.05) is 61.9 Å². The third kappa shape index (κ3) is 5.35. The van der Waals surface area contributed by atoms with E-state index in [-0.39, 0.29) is 11.9 Å². The van der Waals surface area contributed by atoms with Crippen LogP contribution in [-0.4, -0.2) is 41.8 Å². The number of carbonyl (C=O) groups is 1. The number of ether oxygens (including phenoxy) is 3. The van der Waals surface area contributed by atoms with Gasteiger partial charge < -0.3 is 19.1 Å². The molecular formula is C32H35N3O4. The minimum absolute atomic E-state index is 0.0899. The minimum Gasteiger partial charge on any atom is -0.497 e. The molecule has 0 saturated heterocycles. The molecule has 0 fully saturated rings. The SMILES string of the molecule is COc1ccc(CN2C(=O)c3[nH]nc(-c4ccc(C)cc4)c3C2c2ccc(OCCC(C)C)c(OC)c2)cc1. The van der Waals surface area contributed by atoms with Crippen LogP contribution in [-0.2, 0) is 6.54 Å². The van der Waals surface area contributed by atoms with Crippen LogP contribution < -0.4 is 14.2 Å². The van der Waals surface area contributed by atoms with Crippen molar-refractivity contribution < 1.29 is 19.0 Å². The van der Waals surface area contributed by atoms with Crippen molar-refractivity contribution in [2.45, 2.75) is 39.8 Å². The van der Waals surface area contributed by atoms with Gasteiger partial charge >= 0.3 is 0 Å². The molecule has 1 N–H and O–H groups in total. The largest absolute Gasteiger partial charge is 0.497 e. The van der Waals surface area contributed by atoms with E-state index >= 15 is 0 Å². The van der Waals surface area contributed by atoms with Gasteiger partial charge in [-0.25, -0.2) is 0 Å². The molecule has 0 spiro atoms. The van der Waals surface area contributed by atoms with Crippen molar-refractivity contribution in [1.82, 2.24) is 15.1 Å². The Bertz CT molecular complexity index is 1440. The summed E-state index contributed by atoms with van der Waals surface area (Å²) in [7, 11) is 3.29. The van der Waals surface area contributed by atoms with E-state index in [1.54, 1.807) is 14.2 Å². The van der Waals surface area contributed by atoms with Crippen LogP contribution in [0.5, 0.6) is 17.2 Å². The maximum atomic E-state index is 13.8. The average Bonchev–Trinajstić information content (AvgIpc) is 3.48. The van der Waals surface area contributed by atoms with E-state index < -0.39 is 0 Å². The van der Waals surface area contributed by atoms with Crippen LogP contribution in [0.25, 0.3) is 11.3 Å². The Morgan fingerprint density at radius 3 is 2.36 bits per heavy atom. The highest BCUT2D eigenvalue weighted by Gasteiger charge is 2.42. The molecule has 39 heavy (non-hydrogen) atoms. The quantitative estimate of drug-likeness (QED) is 0.253. The highest BCUT2D eigenvalue weighted by molar-refractivity contribution is 6.00. The first kappa shape index (κ1) is 26.4. The number of hydrogen-bond donors (Lipinski definition) is 1. The van der Waals surface area contributed by atoms with Crippen LogP contribution in [0.15, 0.2) is 66.7 Å². The average molecular weight is 526 g/mol. The number of hydrogen-bond acceptors (Lipinski definition) is 5. The van der Waals surface area contributed by atoms with E-state index in [2.05, 4.69) is 43.1 Å². The highest BCUT2D eigenvalue weighted by Crippen LogP contribution is 2.45. The molecule has 5 rings (SSSR count). The predicted octanol–water partition coefficient (Wildman–Crippen LogP) is 6.57. The van der Waals surface area contributed by atoms with Crippen molar-refractivity contribution in [3.8, 4) is 28.5 Å². The Morgan fingerprint density at radius 1 is 0.949 bits per heavy atom. The number of methoxy groups -OCH3 is 2. The normalized spacial score (nSPS) is 14.6. The van der Waals surface area contributed by atoms with Crippen LogP contribution in [0, 0.1) is 12.8 Å². The fourth-order valence-corrected chi connectivity index (χ4v) is 4.94. The van der Waals surface area contributed by atoms with Gasteiger partial charge in [0, 0.05) is 17.7 Å². The van der Waals surface area contributed by atoms with Gasteiger partial charge in [-0.15, -0.1) is 0 Å². The third-order valence-electron chi connectivity index (χ3n) is 7.16. The van der Waals surface area contributed by atoms with Crippen molar-refractivity contribution >= 4 is 5.91 Å². The second kappa shape index (κ2) is 11.2. The Labute approximate surface area is 229 Å². The maximum absolute atomic E-state index is 13.8. The van der Waals surface area contributed by atoms with Gasteiger partial charge in [0.15, 0.2) is 11.5 Å². The number of aromatic nitrogens is 2. The Morgan fingerprint density at radius 2 is 1.69 bits per heavy atom. The number of aromatic amines is 1. The standard InChI is InChI=1S/C32H35N3O4/c1-20(2)16-17-39-26-15-12-24(18-27(26)38-5)31-28-29(23-10-6-21(3)7-11-23)33-34-30(28)32(36)35(31)19-22-8-13-25(37-4)14-9-22/h6-15,18,20,31H,16-17,19H2,1-5H3,(H,33,34). The number of amides is 1. The molecule has 0 radical (unpaired) electrons. The molecule has 7 heteroatoms. The summed E-state index contributed by atoms with van der Waals surface area (Å²) in [6.07, 6.45) is 0.954. The molecule has 4 aromatic rings. The van der Waals surface area contributed by atoms with E-state index in [0.717, 1.165) is 45.7 Å². The van der Waals surface area contributed by atoms with E-state index in [4.69, 9.17) is 14.2 Å². The monoisotopic (exact) mass is 525 g/mol. The summed E-state index contributed by atoms with van der Waals surface area (Å²) in [4.78, 5) is 15.7. The lowest BCUT2D eigenvalue weighted by Gasteiger charge is -2.27. The first-order chi connectivity index (χ1) is 18.9.